The number of hydrogen-bond acceptors (Lipinski definition) is 4. The molecule has 6 nitrogen and oxygen atoms in total. The summed E-state index contributed by atoms with van der Waals surface area (Å²) in [7, 11) is 0. The molecule has 0 aliphatic carbocycles. The summed E-state index contributed by atoms with van der Waals surface area (Å²) in [4.78, 5) is 13.2. The first-order chi connectivity index (χ1) is 13.8. The number of nitrogens with one attached hydrogen (secondary N) is 3. The molecule has 0 saturated carbocycles. The number of anilines is 1. The Hall–Kier alpha value is -3.06. The number of thiocarbonyl (C=S) groups is 1. The Morgan fingerprint density at radius 1 is 1.17 bits per heavy atom. The van der Waals surface area contributed by atoms with Gasteiger partial charge in [0, 0.05) is 11.4 Å². The molecule has 1 atom stereocenters. The molecule has 1 aliphatic heterocycles. The van der Waals surface area contributed by atoms with Gasteiger partial charge in [-0.2, -0.15) is 0 Å². The maximum Gasteiger partial charge on any atom is 0.255 e. The van der Waals surface area contributed by atoms with Crippen molar-refractivity contribution in [2.45, 2.75) is 33.7 Å². The first kappa shape index (κ1) is 20.7. The molecule has 2 aromatic rings. The van der Waals surface area contributed by atoms with Crippen molar-refractivity contribution in [1.82, 2.24) is 10.6 Å². The molecular weight excluding hydrogens is 386 g/mol. The van der Waals surface area contributed by atoms with Crippen LogP contribution in [0.5, 0.6) is 11.5 Å². The standard InChI is InChI=1S/C22H25N3O3S/c1-5-28-18-11-15(6-7-17(18)26)20-19(14(4)23-22(29)25-20)21(27)24-16-9-12(2)8-13(3)10-16/h6-11,20,26H,5H2,1-4H3,(H,24,27)(H2,23,25,29). The minimum atomic E-state index is -0.477. The molecule has 2 aromatic carbocycles. The molecule has 1 heterocycles. The third-order valence-corrected chi connectivity index (χ3v) is 4.83. The number of amides is 1. The van der Waals surface area contributed by atoms with Crippen molar-refractivity contribution in [3.8, 4) is 11.5 Å². The molecule has 7 heteroatoms. The summed E-state index contributed by atoms with van der Waals surface area (Å²) in [5.74, 6) is 0.183. The maximum absolute atomic E-state index is 13.2. The van der Waals surface area contributed by atoms with Crippen LogP contribution < -0.4 is 20.7 Å². The Bertz CT molecular complexity index is 981. The molecule has 1 aliphatic rings. The second-order valence-electron chi connectivity index (χ2n) is 7.06. The van der Waals surface area contributed by atoms with E-state index in [2.05, 4.69) is 22.0 Å². The van der Waals surface area contributed by atoms with E-state index in [9.17, 15) is 9.90 Å². The van der Waals surface area contributed by atoms with Crippen LogP contribution in [0.3, 0.4) is 0 Å². The highest BCUT2D eigenvalue weighted by Gasteiger charge is 2.30. The quantitative estimate of drug-likeness (QED) is 0.560. The van der Waals surface area contributed by atoms with Crippen molar-refractivity contribution < 1.29 is 14.6 Å². The van der Waals surface area contributed by atoms with Crippen molar-refractivity contribution in [3.63, 3.8) is 0 Å². The number of carbonyl (C=O) groups is 1. The van der Waals surface area contributed by atoms with Crippen molar-refractivity contribution in [2.75, 3.05) is 11.9 Å². The van der Waals surface area contributed by atoms with Gasteiger partial charge in [0.05, 0.1) is 18.2 Å². The molecule has 4 N–H and O–H groups in total. The van der Waals surface area contributed by atoms with E-state index < -0.39 is 6.04 Å². The predicted octanol–water partition coefficient (Wildman–Crippen LogP) is 3.84. The first-order valence-corrected chi connectivity index (χ1v) is 9.83. The van der Waals surface area contributed by atoms with E-state index in [0.29, 0.717) is 28.7 Å². The van der Waals surface area contributed by atoms with Gasteiger partial charge in [0.2, 0.25) is 0 Å². The molecule has 29 heavy (non-hydrogen) atoms. The van der Waals surface area contributed by atoms with Crippen molar-refractivity contribution >= 4 is 28.9 Å². The van der Waals surface area contributed by atoms with Crippen molar-refractivity contribution in [2.24, 2.45) is 0 Å². The summed E-state index contributed by atoms with van der Waals surface area (Å²) in [5, 5.41) is 19.6. The second kappa shape index (κ2) is 8.53. The van der Waals surface area contributed by atoms with Crippen LogP contribution in [0.2, 0.25) is 0 Å². The first-order valence-electron chi connectivity index (χ1n) is 9.42. The van der Waals surface area contributed by atoms with Crippen molar-refractivity contribution in [3.05, 3.63) is 64.4 Å². The van der Waals surface area contributed by atoms with Crippen LogP contribution in [0, 0.1) is 13.8 Å². The van der Waals surface area contributed by atoms with Gasteiger partial charge in [-0.1, -0.05) is 12.1 Å². The van der Waals surface area contributed by atoms with E-state index in [4.69, 9.17) is 17.0 Å². The molecule has 152 valence electrons. The minimum Gasteiger partial charge on any atom is -0.504 e. The summed E-state index contributed by atoms with van der Waals surface area (Å²) >= 11 is 5.30. The van der Waals surface area contributed by atoms with Gasteiger partial charge >= 0.3 is 0 Å². The lowest BCUT2D eigenvalue weighted by Crippen LogP contribution is -2.45. The molecule has 0 fully saturated rings. The number of phenols is 1. The third-order valence-electron chi connectivity index (χ3n) is 4.61. The van der Waals surface area contributed by atoms with E-state index in [-0.39, 0.29) is 11.7 Å². The van der Waals surface area contributed by atoms with Crippen LogP contribution in [0.25, 0.3) is 0 Å². The van der Waals surface area contributed by atoms with Gasteiger partial charge in [-0.3, -0.25) is 4.79 Å². The molecular formula is C22H25N3O3S. The fourth-order valence-electron chi connectivity index (χ4n) is 3.47. The Morgan fingerprint density at radius 2 is 1.86 bits per heavy atom. The summed E-state index contributed by atoms with van der Waals surface area (Å²) in [5.41, 5.74) is 4.84. The van der Waals surface area contributed by atoms with Gasteiger partial charge < -0.3 is 25.8 Å². The number of aromatic hydroxyl groups is 1. The highest BCUT2D eigenvalue weighted by Crippen LogP contribution is 2.34. The number of ether oxygens (including phenoxy) is 1. The van der Waals surface area contributed by atoms with Gasteiger partial charge in [-0.05, 0) is 80.9 Å². The van der Waals surface area contributed by atoms with Crippen molar-refractivity contribution in [1.29, 1.82) is 0 Å². The molecule has 0 radical (unpaired) electrons. The number of rotatable bonds is 5. The predicted molar refractivity (Wildman–Crippen MR) is 118 cm³/mol. The van der Waals surface area contributed by atoms with Crippen LogP contribution in [0.4, 0.5) is 5.69 Å². The monoisotopic (exact) mass is 411 g/mol. The zero-order chi connectivity index (χ0) is 21.1. The molecule has 3 rings (SSSR count). The van der Waals surface area contributed by atoms with Gasteiger partial charge in [0.1, 0.15) is 0 Å². The topological polar surface area (TPSA) is 82.6 Å². The number of benzene rings is 2. The van der Waals surface area contributed by atoms with Crippen LogP contribution in [-0.2, 0) is 4.79 Å². The van der Waals surface area contributed by atoms with E-state index in [0.717, 1.165) is 22.4 Å². The zero-order valence-electron chi connectivity index (χ0n) is 16.9. The highest BCUT2D eigenvalue weighted by atomic mass is 32.1. The van der Waals surface area contributed by atoms with E-state index in [1.54, 1.807) is 18.2 Å². The van der Waals surface area contributed by atoms with E-state index in [1.807, 2.05) is 39.8 Å². The lowest BCUT2D eigenvalue weighted by molar-refractivity contribution is -0.113. The fourth-order valence-corrected chi connectivity index (χ4v) is 3.74. The molecule has 0 saturated heterocycles. The average molecular weight is 412 g/mol. The number of carbonyl (C=O) groups excluding carboxylic acids is 1. The van der Waals surface area contributed by atoms with Gasteiger partial charge in [0.15, 0.2) is 16.6 Å². The average Bonchev–Trinajstić information content (AvgIpc) is 2.62. The summed E-state index contributed by atoms with van der Waals surface area (Å²) in [6.45, 7) is 8.06. The molecule has 0 bridgehead atoms. The third kappa shape index (κ3) is 4.68. The number of hydrogen-bond donors (Lipinski definition) is 4. The van der Waals surface area contributed by atoms with Gasteiger partial charge in [-0.15, -0.1) is 0 Å². The summed E-state index contributed by atoms with van der Waals surface area (Å²) in [6, 6.07) is 10.5. The largest absolute Gasteiger partial charge is 0.504 e. The lowest BCUT2D eigenvalue weighted by atomic mass is 9.94. The smallest absolute Gasteiger partial charge is 0.255 e. The number of phenolic OH excluding ortho intramolecular Hbond substituents is 1. The molecule has 1 amide bonds. The zero-order valence-corrected chi connectivity index (χ0v) is 17.7. The van der Waals surface area contributed by atoms with E-state index >= 15 is 0 Å². The van der Waals surface area contributed by atoms with Crippen LogP contribution in [0.1, 0.15) is 36.6 Å². The lowest BCUT2D eigenvalue weighted by Gasteiger charge is -2.30. The van der Waals surface area contributed by atoms with Crippen LogP contribution >= 0.6 is 12.2 Å². The highest BCUT2D eigenvalue weighted by molar-refractivity contribution is 7.80. The van der Waals surface area contributed by atoms with E-state index in [1.165, 1.54) is 0 Å². The maximum atomic E-state index is 13.2. The van der Waals surface area contributed by atoms with Gasteiger partial charge in [-0.25, -0.2) is 0 Å². The molecule has 0 aromatic heterocycles. The molecule has 0 spiro atoms. The SMILES string of the molecule is CCOc1cc(C2NC(=S)NC(C)=C2C(=O)Nc2cc(C)cc(C)c2)ccc1O. The van der Waals surface area contributed by atoms with Crippen LogP contribution in [0.15, 0.2) is 47.7 Å². The number of aryl methyl sites for hydroxylation is 2. The summed E-state index contributed by atoms with van der Waals surface area (Å²) < 4.78 is 5.50. The normalized spacial score (nSPS) is 16.1. The minimum absolute atomic E-state index is 0.0500. The molecule has 1 unspecified atom stereocenters. The second-order valence-corrected chi connectivity index (χ2v) is 7.47. The van der Waals surface area contributed by atoms with Crippen LogP contribution in [-0.4, -0.2) is 22.7 Å². The Balaban J connectivity index is 1.97. The van der Waals surface area contributed by atoms with Gasteiger partial charge in [0.25, 0.3) is 5.91 Å². The fraction of sp³-hybridized carbons (Fsp3) is 0.273. The Morgan fingerprint density at radius 3 is 2.52 bits per heavy atom. The number of allylic oxidation sites excluding steroid dienone is 1. The Labute approximate surface area is 176 Å². The Kier molecular flexibility index (Phi) is 6.08. The summed E-state index contributed by atoms with van der Waals surface area (Å²) in [6.07, 6.45) is 0.